The van der Waals surface area contributed by atoms with Crippen molar-refractivity contribution in [2.75, 3.05) is 4.90 Å². The number of carbonyl (C=O) groups is 1. The summed E-state index contributed by atoms with van der Waals surface area (Å²) in [4.78, 5) is 18.9. The molecular weight excluding hydrogens is 561 g/mol. The lowest BCUT2D eigenvalue weighted by atomic mass is 9.86. The van der Waals surface area contributed by atoms with E-state index in [1.807, 2.05) is 12.1 Å². The van der Waals surface area contributed by atoms with E-state index in [1.54, 1.807) is 0 Å². The van der Waals surface area contributed by atoms with Gasteiger partial charge in [-0.15, -0.1) is 11.3 Å². The molecule has 1 aliphatic carbocycles. The van der Waals surface area contributed by atoms with Crippen molar-refractivity contribution in [2.24, 2.45) is 0 Å². The summed E-state index contributed by atoms with van der Waals surface area (Å²) in [7, 11) is 0. The Hall–Kier alpha value is -4.92. The van der Waals surface area contributed by atoms with Gasteiger partial charge in [0.1, 0.15) is 0 Å². The van der Waals surface area contributed by atoms with Gasteiger partial charge in [-0.05, 0) is 89.6 Å². The van der Waals surface area contributed by atoms with Crippen LogP contribution in [0.25, 0.3) is 21.4 Å². The van der Waals surface area contributed by atoms with Crippen molar-refractivity contribution < 1.29 is 9.90 Å². The minimum absolute atomic E-state index is 0.265. The van der Waals surface area contributed by atoms with Crippen LogP contribution in [0, 0.1) is 6.57 Å². The maximum absolute atomic E-state index is 11.3. The average molecular weight is 593 g/mol. The van der Waals surface area contributed by atoms with Crippen molar-refractivity contribution >= 4 is 34.8 Å². The van der Waals surface area contributed by atoms with Crippen LogP contribution in [-0.4, -0.2) is 17.1 Å². The molecule has 0 amide bonds. The summed E-state index contributed by atoms with van der Waals surface area (Å²) < 4.78 is 0. The Morgan fingerprint density at radius 2 is 1.61 bits per heavy atom. The molecule has 2 unspecified atom stereocenters. The first-order chi connectivity index (χ1) is 21.6. The summed E-state index contributed by atoms with van der Waals surface area (Å²) in [6.07, 6.45) is 6.01. The predicted octanol–water partition coefficient (Wildman–Crippen LogP) is 9.92. The SMILES string of the molecule is [C-]#[N+]/C(=C\c1ccc(-c2ccc3c(c2)C2CCCC2N3c2ccc(CC(c3ccccc3)c3ccccc3)cc2)s1)C(=O)O. The molecule has 5 heteroatoms. The number of benzene rings is 4. The molecule has 1 saturated carbocycles. The van der Waals surface area contributed by atoms with Gasteiger partial charge < -0.3 is 10.0 Å². The van der Waals surface area contributed by atoms with Gasteiger partial charge in [-0.1, -0.05) is 85.3 Å². The van der Waals surface area contributed by atoms with Gasteiger partial charge in [0.2, 0.25) is 0 Å². The summed E-state index contributed by atoms with van der Waals surface area (Å²) in [5.74, 6) is -0.385. The number of aliphatic carboxylic acids is 1. The molecule has 0 bridgehead atoms. The van der Waals surface area contributed by atoms with Gasteiger partial charge in [0.25, 0.3) is 5.70 Å². The summed E-state index contributed by atoms with van der Waals surface area (Å²) >= 11 is 1.52. The first-order valence-electron chi connectivity index (χ1n) is 15.1. The molecule has 4 nitrogen and oxygen atoms in total. The van der Waals surface area contributed by atoms with Crippen LogP contribution in [0.2, 0.25) is 0 Å². The molecule has 2 heterocycles. The zero-order chi connectivity index (χ0) is 30.0. The van der Waals surface area contributed by atoms with Crippen molar-refractivity contribution in [3.05, 3.63) is 160 Å². The molecule has 0 spiro atoms. The second-order valence-electron chi connectivity index (χ2n) is 11.6. The van der Waals surface area contributed by atoms with Gasteiger partial charge >= 0.3 is 5.97 Å². The maximum Gasteiger partial charge on any atom is 0.333 e. The summed E-state index contributed by atoms with van der Waals surface area (Å²) in [6, 6.07) is 42.0. The number of hydrogen-bond acceptors (Lipinski definition) is 3. The molecule has 4 aromatic carbocycles. The van der Waals surface area contributed by atoms with Gasteiger partial charge in [-0.25, -0.2) is 4.85 Å². The van der Waals surface area contributed by atoms with E-state index >= 15 is 0 Å². The van der Waals surface area contributed by atoms with E-state index in [0.717, 1.165) is 21.7 Å². The highest BCUT2D eigenvalue weighted by Crippen LogP contribution is 2.53. The van der Waals surface area contributed by atoms with Crippen LogP contribution < -0.4 is 4.90 Å². The van der Waals surface area contributed by atoms with Crippen LogP contribution in [0.15, 0.2) is 121 Å². The maximum atomic E-state index is 11.3. The molecule has 216 valence electrons. The normalized spacial score (nSPS) is 17.4. The highest BCUT2D eigenvalue weighted by Gasteiger charge is 2.42. The second kappa shape index (κ2) is 12.0. The van der Waals surface area contributed by atoms with E-state index in [2.05, 4.69) is 113 Å². The van der Waals surface area contributed by atoms with E-state index in [-0.39, 0.29) is 5.70 Å². The molecule has 0 radical (unpaired) electrons. The highest BCUT2D eigenvalue weighted by atomic mass is 32.1. The minimum Gasteiger partial charge on any atom is -0.486 e. The topological polar surface area (TPSA) is 44.9 Å². The van der Waals surface area contributed by atoms with Crippen molar-refractivity contribution in [3.63, 3.8) is 0 Å². The Morgan fingerprint density at radius 1 is 0.909 bits per heavy atom. The molecule has 1 aromatic heterocycles. The number of carboxylic acid groups (broad SMARTS) is 1. The quantitative estimate of drug-likeness (QED) is 0.144. The van der Waals surface area contributed by atoms with Crippen LogP contribution in [0.3, 0.4) is 0 Å². The van der Waals surface area contributed by atoms with Gasteiger partial charge in [-0.3, -0.25) is 4.79 Å². The van der Waals surface area contributed by atoms with Crippen molar-refractivity contribution in [1.29, 1.82) is 0 Å². The van der Waals surface area contributed by atoms with Gasteiger partial charge in [0, 0.05) is 39.0 Å². The van der Waals surface area contributed by atoms with Crippen molar-refractivity contribution in [1.82, 2.24) is 0 Å². The number of hydrogen-bond donors (Lipinski definition) is 1. The van der Waals surface area contributed by atoms with Gasteiger partial charge in [-0.2, -0.15) is 0 Å². The lowest BCUT2D eigenvalue weighted by Crippen LogP contribution is -2.26. The number of anilines is 2. The molecule has 0 saturated heterocycles. The zero-order valence-corrected chi connectivity index (χ0v) is 25.1. The lowest BCUT2D eigenvalue weighted by Gasteiger charge is -2.27. The Bertz CT molecular complexity index is 1830. The van der Waals surface area contributed by atoms with E-state index in [9.17, 15) is 9.90 Å². The fourth-order valence-corrected chi connectivity index (χ4v) is 7.98. The van der Waals surface area contributed by atoms with Gasteiger partial charge in [0.15, 0.2) is 0 Å². The average Bonchev–Trinajstić information content (AvgIpc) is 3.80. The van der Waals surface area contributed by atoms with E-state index in [4.69, 9.17) is 6.57 Å². The third-order valence-corrected chi connectivity index (χ3v) is 10.2. The number of carboxylic acids is 1. The highest BCUT2D eigenvalue weighted by molar-refractivity contribution is 7.16. The molecule has 1 aliphatic heterocycles. The second-order valence-corrected chi connectivity index (χ2v) is 12.8. The molecule has 44 heavy (non-hydrogen) atoms. The third kappa shape index (κ3) is 5.34. The number of rotatable bonds is 8. The Balaban J connectivity index is 1.16. The fourth-order valence-electron chi connectivity index (χ4n) is 7.03. The molecule has 2 aliphatic rings. The molecule has 2 atom stereocenters. The Morgan fingerprint density at radius 3 is 2.27 bits per heavy atom. The van der Waals surface area contributed by atoms with Crippen LogP contribution in [0.1, 0.15) is 58.2 Å². The van der Waals surface area contributed by atoms with E-state index in [0.29, 0.717) is 17.9 Å². The summed E-state index contributed by atoms with van der Waals surface area (Å²) in [5.41, 5.74) is 8.82. The van der Waals surface area contributed by atoms with E-state index < -0.39 is 5.97 Å². The minimum atomic E-state index is -1.19. The van der Waals surface area contributed by atoms with E-state index in [1.165, 1.54) is 70.3 Å². The number of fused-ring (bicyclic) bond motifs is 3. The predicted molar refractivity (Wildman–Crippen MR) is 179 cm³/mol. The summed E-state index contributed by atoms with van der Waals surface area (Å²) in [5, 5.41) is 9.24. The smallest absolute Gasteiger partial charge is 0.333 e. The largest absolute Gasteiger partial charge is 0.486 e. The number of nitrogens with zero attached hydrogens (tertiary/aromatic N) is 2. The summed E-state index contributed by atoms with van der Waals surface area (Å²) in [6.45, 7) is 7.14. The van der Waals surface area contributed by atoms with Crippen LogP contribution in [0.5, 0.6) is 0 Å². The van der Waals surface area contributed by atoms with Crippen molar-refractivity contribution in [3.8, 4) is 10.4 Å². The van der Waals surface area contributed by atoms with Crippen LogP contribution in [0.4, 0.5) is 11.4 Å². The zero-order valence-electron chi connectivity index (χ0n) is 24.3. The van der Waals surface area contributed by atoms with Gasteiger partial charge in [0.05, 0.1) is 6.57 Å². The first kappa shape index (κ1) is 27.9. The molecule has 7 rings (SSSR count). The lowest BCUT2D eigenvalue weighted by molar-refractivity contribution is -0.132. The molecule has 5 aromatic rings. The Labute approximate surface area is 262 Å². The Kier molecular flexibility index (Phi) is 7.60. The third-order valence-electron chi connectivity index (χ3n) is 9.09. The monoisotopic (exact) mass is 592 g/mol. The van der Waals surface area contributed by atoms with Crippen LogP contribution >= 0.6 is 11.3 Å². The standard InChI is InChI=1S/C39H32N2O2S/c1-40-35(39(42)43)25-31-20-22-38(44-31)29-17-21-37-34(24-29)32-13-8-14-36(32)41(37)30-18-15-26(16-19-30)23-33(27-9-4-2-5-10-27)28-11-6-3-7-12-28/h2-7,9-12,15-22,24-25,32-33,36H,8,13-14,23H2,(H,42,43)/b35-25-. The molecule has 1 N–H and O–H groups in total. The molecular formula is C39H32N2O2S. The molecule has 1 fully saturated rings. The fraction of sp³-hybridized carbons (Fsp3) is 0.179. The van der Waals surface area contributed by atoms with Crippen LogP contribution in [-0.2, 0) is 11.2 Å². The van der Waals surface area contributed by atoms with Crippen molar-refractivity contribution in [2.45, 2.75) is 43.6 Å². The first-order valence-corrected chi connectivity index (χ1v) is 16.0. The number of thiophene rings is 1.